The minimum absolute atomic E-state index is 0.559. The molecule has 98 valence electrons. The summed E-state index contributed by atoms with van der Waals surface area (Å²) >= 11 is 0. The van der Waals surface area contributed by atoms with Crippen molar-refractivity contribution in [2.24, 2.45) is 5.73 Å². The van der Waals surface area contributed by atoms with E-state index in [4.69, 9.17) is 15.5 Å². The quantitative estimate of drug-likeness (QED) is 0.795. The van der Waals surface area contributed by atoms with E-state index < -0.39 is 0 Å². The molecule has 0 aliphatic carbocycles. The number of fused-ring (bicyclic) bond motifs is 1. The van der Waals surface area contributed by atoms with Crippen molar-refractivity contribution in [3.05, 3.63) is 29.6 Å². The fraction of sp³-hybridized carbons (Fsp3) is 0.500. The number of imidazole rings is 1. The minimum atomic E-state index is 0.559. The Labute approximate surface area is 108 Å². The summed E-state index contributed by atoms with van der Waals surface area (Å²) in [5.74, 6) is 1.09. The van der Waals surface area contributed by atoms with E-state index in [0.29, 0.717) is 6.54 Å². The van der Waals surface area contributed by atoms with Crippen molar-refractivity contribution < 1.29 is 4.74 Å². The zero-order valence-corrected chi connectivity index (χ0v) is 11.1. The van der Waals surface area contributed by atoms with E-state index in [-0.39, 0.29) is 0 Å². The van der Waals surface area contributed by atoms with Crippen LogP contribution < -0.4 is 5.73 Å². The van der Waals surface area contributed by atoms with Crippen LogP contribution in [-0.2, 0) is 24.2 Å². The zero-order valence-electron chi connectivity index (χ0n) is 11.1. The second kappa shape index (κ2) is 5.98. The molecule has 0 bridgehead atoms. The molecular formula is C14H21N3O. The molecule has 4 nitrogen and oxygen atoms in total. The normalized spacial score (nSPS) is 11.3. The van der Waals surface area contributed by atoms with Crippen molar-refractivity contribution in [2.75, 3.05) is 13.2 Å². The third kappa shape index (κ3) is 2.54. The Morgan fingerprint density at radius 1 is 1.33 bits per heavy atom. The molecule has 0 amide bonds. The Morgan fingerprint density at radius 3 is 2.83 bits per heavy atom. The first-order valence-corrected chi connectivity index (χ1v) is 6.56. The molecule has 0 aliphatic rings. The summed E-state index contributed by atoms with van der Waals surface area (Å²) in [7, 11) is 0. The van der Waals surface area contributed by atoms with Gasteiger partial charge < -0.3 is 15.0 Å². The molecule has 2 aromatic rings. The van der Waals surface area contributed by atoms with Gasteiger partial charge in [-0.05, 0) is 31.5 Å². The SMILES string of the molecule is CCOCCc1nc2cc(CN)ccc2n1CC. The van der Waals surface area contributed by atoms with E-state index in [0.717, 1.165) is 43.1 Å². The summed E-state index contributed by atoms with van der Waals surface area (Å²) in [6.45, 7) is 7.12. The van der Waals surface area contributed by atoms with Crippen LogP contribution >= 0.6 is 0 Å². The maximum atomic E-state index is 5.66. The molecule has 0 saturated heterocycles. The third-order valence-electron chi connectivity index (χ3n) is 3.12. The van der Waals surface area contributed by atoms with Crippen LogP contribution in [0.4, 0.5) is 0 Å². The fourth-order valence-corrected chi connectivity index (χ4v) is 2.20. The molecule has 0 aliphatic heterocycles. The van der Waals surface area contributed by atoms with Crippen molar-refractivity contribution in [3.8, 4) is 0 Å². The van der Waals surface area contributed by atoms with Crippen LogP contribution in [0.5, 0.6) is 0 Å². The number of aryl methyl sites for hydroxylation is 1. The fourth-order valence-electron chi connectivity index (χ4n) is 2.20. The van der Waals surface area contributed by atoms with Crippen molar-refractivity contribution in [2.45, 2.75) is 33.4 Å². The lowest BCUT2D eigenvalue weighted by Crippen LogP contribution is -2.06. The Balaban J connectivity index is 2.34. The number of hydrogen-bond acceptors (Lipinski definition) is 3. The smallest absolute Gasteiger partial charge is 0.112 e. The summed E-state index contributed by atoms with van der Waals surface area (Å²) in [6, 6.07) is 6.26. The van der Waals surface area contributed by atoms with Crippen LogP contribution in [0.3, 0.4) is 0 Å². The van der Waals surface area contributed by atoms with Crippen LogP contribution in [0.15, 0.2) is 18.2 Å². The molecule has 4 heteroatoms. The number of hydrogen-bond donors (Lipinski definition) is 1. The molecule has 1 aromatic carbocycles. The molecule has 0 spiro atoms. The van der Waals surface area contributed by atoms with Gasteiger partial charge in [0.15, 0.2) is 0 Å². The summed E-state index contributed by atoms with van der Waals surface area (Å²) in [6.07, 6.45) is 0.855. The van der Waals surface area contributed by atoms with E-state index in [2.05, 4.69) is 29.7 Å². The predicted molar refractivity (Wildman–Crippen MR) is 73.5 cm³/mol. The number of nitrogens with two attached hydrogens (primary N) is 1. The lowest BCUT2D eigenvalue weighted by molar-refractivity contribution is 0.149. The van der Waals surface area contributed by atoms with Gasteiger partial charge in [0, 0.05) is 26.1 Å². The Kier molecular flexibility index (Phi) is 4.33. The van der Waals surface area contributed by atoms with Crippen molar-refractivity contribution in [1.82, 2.24) is 9.55 Å². The number of benzene rings is 1. The standard InChI is InChI=1S/C14H21N3O/c1-3-17-13-6-5-11(10-15)9-12(13)16-14(17)7-8-18-4-2/h5-6,9H,3-4,7-8,10,15H2,1-2H3. The van der Waals surface area contributed by atoms with Crippen molar-refractivity contribution in [1.29, 1.82) is 0 Å². The first-order chi connectivity index (χ1) is 8.80. The van der Waals surface area contributed by atoms with Crippen LogP contribution in [0.25, 0.3) is 11.0 Å². The summed E-state index contributed by atoms with van der Waals surface area (Å²) in [5.41, 5.74) is 9.00. The summed E-state index contributed by atoms with van der Waals surface area (Å²) in [4.78, 5) is 4.69. The molecule has 2 rings (SSSR count). The average molecular weight is 247 g/mol. The third-order valence-corrected chi connectivity index (χ3v) is 3.12. The highest BCUT2D eigenvalue weighted by atomic mass is 16.5. The lowest BCUT2D eigenvalue weighted by Gasteiger charge is -2.06. The van der Waals surface area contributed by atoms with Gasteiger partial charge in [0.25, 0.3) is 0 Å². The molecule has 0 radical (unpaired) electrons. The highest BCUT2D eigenvalue weighted by Crippen LogP contribution is 2.18. The number of nitrogens with zero attached hydrogens (tertiary/aromatic N) is 2. The molecule has 2 N–H and O–H groups in total. The van der Waals surface area contributed by atoms with Gasteiger partial charge in [0.05, 0.1) is 17.6 Å². The zero-order chi connectivity index (χ0) is 13.0. The maximum absolute atomic E-state index is 5.66. The first-order valence-electron chi connectivity index (χ1n) is 6.56. The Hall–Kier alpha value is -1.39. The molecule has 1 aromatic heterocycles. The van der Waals surface area contributed by atoms with Crippen molar-refractivity contribution in [3.63, 3.8) is 0 Å². The van der Waals surface area contributed by atoms with Gasteiger partial charge >= 0.3 is 0 Å². The van der Waals surface area contributed by atoms with E-state index in [1.165, 1.54) is 5.52 Å². The highest BCUT2D eigenvalue weighted by molar-refractivity contribution is 5.77. The summed E-state index contributed by atoms with van der Waals surface area (Å²) < 4.78 is 7.65. The van der Waals surface area contributed by atoms with Gasteiger partial charge in [-0.15, -0.1) is 0 Å². The molecular weight excluding hydrogens is 226 g/mol. The minimum Gasteiger partial charge on any atom is -0.381 e. The lowest BCUT2D eigenvalue weighted by atomic mass is 10.2. The van der Waals surface area contributed by atoms with E-state index >= 15 is 0 Å². The van der Waals surface area contributed by atoms with E-state index in [1.807, 2.05) is 6.92 Å². The van der Waals surface area contributed by atoms with Gasteiger partial charge in [-0.25, -0.2) is 4.98 Å². The molecule has 18 heavy (non-hydrogen) atoms. The van der Waals surface area contributed by atoms with Gasteiger partial charge in [-0.3, -0.25) is 0 Å². The number of ether oxygens (including phenoxy) is 1. The Bertz CT molecular complexity index is 519. The molecule has 0 atom stereocenters. The van der Waals surface area contributed by atoms with Crippen LogP contribution in [0.2, 0.25) is 0 Å². The van der Waals surface area contributed by atoms with Crippen molar-refractivity contribution >= 4 is 11.0 Å². The van der Waals surface area contributed by atoms with Crippen LogP contribution in [-0.4, -0.2) is 22.8 Å². The maximum Gasteiger partial charge on any atom is 0.112 e. The summed E-state index contributed by atoms with van der Waals surface area (Å²) in [5, 5.41) is 0. The largest absolute Gasteiger partial charge is 0.381 e. The first kappa shape index (κ1) is 13.1. The van der Waals surface area contributed by atoms with Gasteiger partial charge in [-0.2, -0.15) is 0 Å². The second-order valence-corrected chi connectivity index (χ2v) is 4.25. The van der Waals surface area contributed by atoms with E-state index in [9.17, 15) is 0 Å². The topological polar surface area (TPSA) is 53.1 Å². The highest BCUT2D eigenvalue weighted by Gasteiger charge is 2.09. The van der Waals surface area contributed by atoms with Crippen LogP contribution in [0.1, 0.15) is 25.2 Å². The monoisotopic (exact) mass is 247 g/mol. The number of rotatable bonds is 6. The van der Waals surface area contributed by atoms with Gasteiger partial charge in [-0.1, -0.05) is 6.07 Å². The average Bonchev–Trinajstić information content (AvgIpc) is 2.75. The molecule has 0 unspecified atom stereocenters. The van der Waals surface area contributed by atoms with Gasteiger partial charge in [0.2, 0.25) is 0 Å². The molecule has 0 fully saturated rings. The molecule has 1 heterocycles. The molecule has 0 saturated carbocycles. The van der Waals surface area contributed by atoms with Gasteiger partial charge in [0.1, 0.15) is 5.82 Å². The predicted octanol–water partition coefficient (Wildman–Crippen LogP) is 2.09. The van der Waals surface area contributed by atoms with Crippen LogP contribution in [0, 0.1) is 0 Å². The number of aromatic nitrogens is 2. The Morgan fingerprint density at radius 2 is 2.17 bits per heavy atom. The second-order valence-electron chi connectivity index (χ2n) is 4.25. The van der Waals surface area contributed by atoms with E-state index in [1.54, 1.807) is 0 Å².